The molecule has 140 valence electrons. The normalized spacial score (nSPS) is 10.3. The summed E-state index contributed by atoms with van der Waals surface area (Å²) in [6.45, 7) is 0.737. The maximum absolute atomic E-state index is 12.1. The van der Waals surface area contributed by atoms with Crippen LogP contribution in [0.4, 0.5) is 11.4 Å². The van der Waals surface area contributed by atoms with Crippen LogP contribution in [0, 0.1) is 0 Å². The Morgan fingerprint density at radius 1 is 1.00 bits per heavy atom. The molecule has 0 aliphatic carbocycles. The third-order valence-electron chi connectivity index (χ3n) is 3.53. The average Bonchev–Trinajstić information content (AvgIpc) is 2.65. The molecule has 2 radical (unpaired) electrons. The fourth-order valence-corrected chi connectivity index (χ4v) is 2.86. The highest BCUT2D eigenvalue weighted by Crippen LogP contribution is 2.33. The topological polar surface area (TPSA) is 79.5 Å². The van der Waals surface area contributed by atoms with E-state index in [1.54, 1.807) is 24.3 Å². The van der Waals surface area contributed by atoms with Gasteiger partial charge in [-0.15, -0.1) is 0 Å². The highest BCUT2D eigenvalue weighted by molar-refractivity contribution is 6.39. The molecule has 0 aromatic heterocycles. The molecule has 2 aromatic rings. The van der Waals surface area contributed by atoms with Crippen LogP contribution in [0.5, 0.6) is 0 Å². The van der Waals surface area contributed by atoms with E-state index in [0.717, 1.165) is 0 Å². The van der Waals surface area contributed by atoms with Gasteiger partial charge in [0.05, 0.1) is 22.2 Å². The third kappa shape index (κ3) is 7.06. The van der Waals surface area contributed by atoms with Crippen LogP contribution in [0.3, 0.4) is 0 Å². The van der Waals surface area contributed by atoms with Gasteiger partial charge in [0.15, 0.2) is 6.61 Å². The molecule has 9 heteroatoms. The minimum Gasteiger partial charge on any atom is -0.455 e. The molecule has 1 amide bonds. The number of carbonyl (C=O) groups is 2. The fraction of sp³-hybridized carbons (Fsp3) is 0.222. The van der Waals surface area contributed by atoms with Gasteiger partial charge in [-0.2, -0.15) is 0 Å². The van der Waals surface area contributed by atoms with Crippen LogP contribution in [0.25, 0.3) is 0 Å². The molecule has 0 fully saturated rings. The number of rotatable bonds is 9. The molecule has 27 heavy (non-hydrogen) atoms. The molecular formula is C18H18AlCl2N3O3. The first-order valence-corrected chi connectivity index (χ1v) is 9.49. The summed E-state index contributed by atoms with van der Waals surface area (Å²) in [6, 6.07) is 12.4. The maximum Gasteiger partial charge on any atom is 0.310 e. The van der Waals surface area contributed by atoms with E-state index < -0.39 is 5.97 Å². The van der Waals surface area contributed by atoms with Crippen LogP contribution in [-0.2, 0) is 20.7 Å². The lowest BCUT2D eigenvalue weighted by Gasteiger charge is -2.14. The zero-order valence-corrected chi connectivity index (χ0v) is 17.1. The molecular weight excluding hydrogens is 404 g/mol. The van der Waals surface area contributed by atoms with Gasteiger partial charge in [-0.3, -0.25) is 9.59 Å². The summed E-state index contributed by atoms with van der Waals surface area (Å²) < 4.78 is 7.86. The van der Waals surface area contributed by atoms with Crippen molar-refractivity contribution in [2.75, 3.05) is 25.0 Å². The Labute approximate surface area is 176 Å². The van der Waals surface area contributed by atoms with Gasteiger partial charge in [0, 0.05) is 12.2 Å². The van der Waals surface area contributed by atoms with Crippen LogP contribution in [0.15, 0.2) is 42.5 Å². The van der Waals surface area contributed by atoms with Crippen LogP contribution < -0.4 is 14.9 Å². The molecule has 0 saturated carbocycles. The summed E-state index contributed by atoms with van der Waals surface area (Å²) in [5, 5.41) is 6.72. The van der Waals surface area contributed by atoms with Crippen molar-refractivity contribution < 1.29 is 14.3 Å². The Kier molecular flexibility index (Phi) is 8.92. The molecule has 0 atom stereocenters. The van der Waals surface area contributed by atoms with Crippen LogP contribution >= 0.6 is 23.2 Å². The fourth-order valence-electron chi connectivity index (χ4n) is 2.23. The largest absolute Gasteiger partial charge is 0.455 e. The zero-order chi connectivity index (χ0) is 19.6. The number of halogens is 2. The van der Waals surface area contributed by atoms with Crippen molar-refractivity contribution in [1.29, 1.82) is 0 Å². The van der Waals surface area contributed by atoms with Crippen LogP contribution in [-0.4, -0.2) is 48.1 Å². The summed E-state index contributed by atoms with van der Waals surface area (Å²) >= 11 is 14.7. The second kappa shape index (κ2) is 11.2. The molecule has 0 saturated heterocycles. The van der Waals surface area contributed by atoms with Gasteiger partial charge >= 0.3 is 5.97 Å². The number of para-hydroxylation sites is 2. The van der Waals surface area contributed by atoms with Gasteiger partial charge in [0.25, 0.3) is 22.4 Å². The molecule has 2 aromatic carbocycles. The van der Waals surface area contributed by atoms with Gasteiger partial charge < -0.3 is 19.7 Å². The number of nitrogens with one attached hydrogen (secondary N) is 3. The Bertz CT molecular complexity index is 785. The summed E-state index contributed by atoms with van der Waals surface area (Å²) in [4.78, 5) is 23.7. The second-order valence-electron chi connectivity index (χ2n) is 5.52. The standard InChI is InChI=1S/C18H18Cl2N3O3.Al/c19-13-5-3-6-14(20)18(13)23-15-7-2-1-4-12(15)10-17(25)26-11-16(24)22-9-8-21;/h1-7,21,23H,8-11H2,(H,22,24);/q-1;+1. The number of hydrogen-bond acceptors (Lipinski definition) is 5. The Morgan fingerprint density at radius 3 is 2.41 bits per heavy atom. The van der Waals surface area contributed by atoms with E-state index in [1.807, 2.05) is 18.2 Å². The number of carbonyl (C=O) groups excluding carboxylic acids is 2. The van der Waals surface area contributed by atoms with E-state index in [0.29, 0.717) is 40.1 Å². The number of benzene rings is 2. The van der Waals surface area contributed by atoms with Crippen molar-refractivity contribution in [1.82, 2.24) is 9.62 Å². The van der Waals surface area contributed by atoms with Gasteiger partial charge in [-0.05, 0) is 30.3 Å². The first-order chi connectivity index (χ1) is 13.0. The van der Waals surface area contributed by atoms with Crippen molar-refractivity contribution in [3.8, 4) is 0 Å². The minimum absolute atomic E-state index is 0.00564. The molecule has 0 bridgehead atoms. The maximum atomic E-state index is 12.1. The average molecular weight is 422 g/mol. The number of ether oxygens (including phenoxy) is 1. The van der Waals surface area contributed by atoms with Gasteiger partial charge in [-0.1, -0.05) is 47.5 Å². The summed E-state index contributed by atoms with van der Waals surface area (Å²) in [6.07, 6.45) is 0.00564. The molecule has 2 rings (SSSR count). The molecule has 0 aliphatic heterocycles. The summed E-state index contributed by atoms with van der Waals surface area (Å²) in [7, 11) is 0. The van der Waals surface area contributed by atoms with Crippen LogP contribution in [0.2, 0.25) is 10.0 Å². The van der Waals surface area contributed by atoms with Gasteiger partial charge in [0.1, 0.15) is 0 Å². The van der Waals surface area contributed by atoms with Crippen molar-refractivity contribution in [2.45, 2.75) is 6.42 Å². The van der Waals surface area contributed by atoms with E-state index in [2.05, 4.69) is 31.4 Å². The molecule has 3 N–H and O–H groups in total. The minimum atomic E-state index is -0.506. The lowest BCUT2D eigenvalue weighted by Crippen LogP contribution is -2.34. The lowest BCUT2D eigenvalue weighted by atomic mass is 10.1. The highest BCUT2D eigenvalue weighted by Gasteiger charge is 2.13. The monoisotopic (exact) mass is 421 g/mol. The Morgan fingerprint density at radius 2 is 1.70 bits per heavy atom. The second-order valence-corrected chi connectivity index (χ2v) is 6.74. The lowest BCUT2D eigenvalue weighted by molar-refractivity contribution is -0.147. The van der Waals surface area contributed by atoms with Crippen molar-refractivity contribution in [3.05, 3.63) is 58.1 Å². The Balaban J connectivity index is 1.97. The van der Waals surface area contributed by atoms with Crippen molar-refractivity contribution >= 4 is 63.0 Å². The van der Waals surface area contributed by atoms with E-state index in [-0.39, 0.29) is 18.9 Å². The predicted molar refractivity (Wildman–Crippen MR) is 108 cm³/mol. The quantitative estimate of drug-likeness (QED) is 0.329. The summed E-state index contributed by atoms with van der Waals surface area (Å²) in [5.74, 6) is -0.855. The predicted octanol–water partition coefficient (Wildman–Crippen LogP) is 2.61. The van der Waals surface area contributed by atoms with Crippen molar-refractivity contribution in [3.63, 3.8) is 0 Å². The SMILES string of the molecule is O=C(COC(=O)Cc1ccccc1Nc1c(Cl)cccc1Cl)NCC[NH][Al]. The number of esters is 1. The molecule has 6 nitrogen and oxygen atoms in total. The van der Waals surface area contributed by atoms with E-state index in [1.165, 1.54) is 0 Å². The first kappa shape index (κ1) is 21.6. The highest BCUT2D eigenvalue weighted by atomic mass is 35.5. The van der Waals surface area contributed by atoms with E-state index in [9.17, 15) is 9.59 Å². The van der Waals surface area contributed by atoms with Gasteiger partial charge in [0.2, 0.25) is 0 Å². The summed E-state index contributed by atoms with van der Waals surface area (Å²) in [5.41, 5.74) is 1.94. The molecule has 0 aliphatic rings. The van der Waals surface area contributed by atoms with Crippen LogP contribution in [0.1, 0.15) is 5.56 Å². The third-order valence-corrected chi connectivity index (χ3v) is 4.45. The molecule has 0 heterocycles. The molecule has 0 unspecified atom stereocenters. The number of anilines is 2. The number of amides is 1. The first-order valence-electron chi connectivity index (χ1n) is 8.16. The zero-order valence-electron chi connectivity index (χ0n) is 14.4. The molecule has 0 spiro atoms. The van der Waals surface area contributed by atoms with Gasteiger partial charge in [-0.25, -0.2) is 0 Å². The van der Waals surface area contributed by atoms with Crippen molar-refractivity contribution in [2.24, 2.45) is 0 Å². The Hall–Kier alpha value is -1.75. The smallest absolute Gasteiger partial charge is 0.310 e. The number of hydrogen-bond donors (Lipinski definition) is 3. The van der Waals surface area contributed by atoms with E-state index in [4.69, 9.17) is 27.9 Å². The van der Waals surface area contributed by atoms with E-state index >= 15 is 0 Å².